The van der Waals surface area contributed by atoms with Crippen LogP contribution in [0.25, 0.3) is 6.08 Å². The van der Waals surface area contributed by atoms with E-state index in [1.165, 1.54) is 7.11 Å². The zero-order valence-electron chi connectivity index (χ0n) is 11.5. The van der Waals surface area contributed by atoms with Crippen LogP contribution in [0.3, 0.4) is 0 Å². The minimum atomic E-state index is -0.414. The fraction of sp³-hybridized carbons (Fsp3) is 0.429. The Balaban J connectivity index is 2.09. The summed E-state index contributed by atoms with van der Waals surface area (Å²) in [6.45, 7) is 2.14. The van der Waals surface area contributed by atoms with Gasteiger partial charge in [-0.1, -0.05) is 27.6 Å². The van der Waals surface area contributed by atoms with Crippen molar-refractivity contribution < 1.29 is 9.66 Å². The highest BCUT2D eigenvalue weighted by Gasteiger charge is 2.16. The highest BCUT2D eigenvalue weighted by Crippen LogP contribution is 2.28. The molecule has 1 aromatic carbocycles. The van der Waals surface area contributed by atoms with Gasteiger partial charge in [-0.2, -0.15) is 0 Å². The molecule has 1 aromatic rings. The summed E-state index contributed by atoms with van der Waals surface area (Å²) < 4.78 is 7.23. The third-order valence-corrected chi connectivity index (χ3v) is 4.05. The van der Waals surface area contributed by atoms with Crippen molar-refractivity contribution >= 4 is 21.2 Å². The Morgan fingerprint density at radius 2 is 2.15 bits per heavy atom. The van der Waals surface area contributed by atoms with Crippen LogP contribution < -0.4 is 4.74 Å². The Hall–Kier alpha value is -1.45. The largest absolute Gasteiger partial charge is 0.490 e. The van der Waals surface area contributed by atoms with Crippen LogP contribution in [0.5, 0.6) is 5.75 Å². The van der Waals surface area contributed by atoms with Crippen LogP contribution in [0, 0.1) is 16.0 Å². The molecule has 0 bridgehead atoms. The van der Waals surface area contributed by atoms with Gasteiger partial charge in [0.05, 0.1) is 12.0 Å². The molecule has 0 aliphatic carbocycles. The van der Waals surface area contributed by atoms with Gasteiger partial charge in [0.1, 0.15) is 0 Å². The quantitative estimate of drug-likeness (QED) is 0.486. The lowest BCUT2D eigenvalue weighted by Gasteiger charge is -2.26. The summed E-state index contributed by atoms with van der Waals surface area (Å²) in [5, 5.41) is 11.0. The predicted octanol–water partition coefficient (Wildman–Crippen LogP) is 3.12. The van der Waals surface area contributed by atoms with E-state index in [4.69, 9.17) is 4.74 Å². The average Bonchev–Trinajstić information content (AvgIpc) is 2.46. The molecule has 0 amide bonds. The van der Waals surface area contributed by atoms with Crippen LogP contribution in [-0.2, 0) is 0 Å². The first kappa shape index (κ1) is 14.9. The Kier molecular flexibility index (Phi) is 5.10. The van der Waals surface area contributed by atoms with Crippen LogP contribution >= 0.6 is 9.39 Å². The Bertz CT molecular complexity index is 511. The SMILES string of the molecule is COc1ccc(C=CC2CCN(P)CC2)cc1[N+](=O)[O-]. The first-order valence-electron chi connectivity index (χ1n) is 6.60. The third kappa shape index (κ3) is 3.78. The van der Waals surface area contributed by atoms with Gasteiger partial charge in [-0.3, -0.25) is 14.8 Å². The molecule has 5 nitrogen and oxygen atoms in total. The average molecular weight is 294 g/mol. The van der Waals surface area contributed by atoms with E-state index < -0.39 is 4.92 Å². The molecule has 20 heavy (non-hydrogen) atoms. The maximum Gasteiger partial charge on any atom is 0.311 e. The van der Waals surface area contributed by atoms with Crippen LogP contribution in [0.1, 0.15) is 18.4 Å². The molecule has 1 saturated heterocycles. The van der Waals surface area contributed by atoms with E-state index in [0.717, 1.165) is 31.5 Å². The molecule has 0 radical (unpaired) electrons. The molecule has 1 heterocycles. The number of nitro groups is 1. The molecule has 0 aromatic heterocycles. The Morgan fingerprint density at radius 1 is 1.45 bits per heavy atom. The third-order valence-electron chi connectivity index (χ3n) is 3.53. The van der Waals surface area contributed by atoms with E-state index in [-0.39, 0.29) is 5.69 Å². The van der Waals surface area contributed by atoms with E-state index in [2.05, 4.69) is 20.1 Å². The lowest BCUT2D eigenvalue weighted by Crippen LogP contribution is -2.24. The van der Waals surface area contributed by atoms with Gasteiger partial charge >= 0.3 is 5.69 Å². The number of rotatable bonds is 4. The second-order valence-corrected chi connectivity index (χ2v) is 5.65. The number of methoxy groups -OCH3 is 1. The van der Waals surface area contributed by atoms with Gasteiger partial charge < -0.3 is 4.74 Å². The number of nitro benzene ring substituents is 1. The van der Waals surface area contributed by atoms with Gasteiger partial charge in [0, 0.05) is 19.2 Å². The molecule has 2 rings (SSSR count). The van der Waals surface area contributed by atoms with Crippen LogP contribution in [0.15, 0.2) is 24.3 Å². The van der Waals surface area contributed by atoms with Crippen molar-refractivity contribution in [2.24, 2.45) is 5.92 Å². The normalized spacial score (nSPS) is 17.5. The van der Waals surface area contributed by atoms with Crippen molar-refractivity contribution in [2.75, 3.05) is 20.2 Å². The van der Waals surface area contributed by atoms with Crippen molar-refractivity contribution in [1.29, 1.82) is 0 Å². The van der Waals surface area contributed by atoms with Crippen molar-refractivity contribution in [1.82, 2.24) is 4.67 Å². The molecule has 0 N–H and O–H groups in total. The highest BCUT2D eigenvalue weighted by molar-refractivity contribution is 7.13. The molecule has 1 aliphatic rings. The number of nitrogens with zero attached hydrogens (tertiary/aromatic N) is 2. The fourth-order valence-corrected chi connectivity index (χ4v) is 2.61. The monoisotopic (exact) mass is 294 g/mol. The topological polar surface area (TPSA) is 55.6 Å². The van der Waals surface area contributed by atoms with Gasteiger partial charge in [0.2, 0.25) is 0 Å². The molecule has 6 heteroatoms. The highest BCUT2D eigenvalue weighted by atomic mass is 31.0. The zero-order chi connectivity index (χ0) is 14.5. The fourth-order valence-electron chi connectivity index (χ4n) is 2.31. The number of ether oxygens (including phenoxy) is 1. The molecule has 0 saturated carbocycles. The molecule has 1 fully saturated rings. The van der Waals surface area contributed by atoms with Crippen molar-refractivity contribution in [2.45, 2.75) is 12.8 Å². The van der Waals surface area contributed by atoms with Gasteiger partial charge in [0.25, 0.3) is 0 Å². The second-order valence-electron chi connectivity index (χ2n) is 4.92. The van der Waals surface area contributed by atoms with E-state index in [1.54, 1.807) is 12.1 Å². The molecule has 108 valence electrons. The molecule has 1 aliphatic heterocycles. The molecule has 1 atom stereocenters. The molecule has 1 unspecified atom stereocenters. The van der Waals surface area contributed by atoms with Crippen LogP contribution in [0.4, 0.5) is 5.69 Å². The van der Waals surface area contributed by atoms with E-state index >= 15 is 0 Å². The zero-order valence-corrected chi connectivity index (χ0v) is 12.6. The second kappa shape index (κ2) is 6.82. The summed E-state index contributed by atoms with van der Waals surface area (Å²) in [6.07, 6.45) is 6.37. The number of allylic oxidation sites excluding steroid dienone is 1. The predicted molar refractivity (Wildman–Crippen MR) is 82.7 cm³/mol. The summed E-state index contributed by atoms with van der Waals surface area (Å²) in [7, 11) is 4.17. The number of benzene rings is 1. The molecule has 0 spiro atoms. The number of hydrogen-bond donors (Lipinski definition) is 0. The van der Waals surface area contributed by atoms with E-state index in [1.807, 2.05) is 12.1 Å². The van der Waals surface area contributed by atoms with E-state index in [0.29, 0.717) is 11.7 Å². The summed E-state index contributed by atoms with van der Waals surface area (Å²) in [4.78, 5) is 10.6. The maximum atomic E-state index is 11.0. The van der Waals surface area contributed by atoms with Crippen molar-refractivity contribution in [3.05, 3.63) is 40.0 Å². The van der Waals surface area contributed by atoms with Crippen LogP contribution in [-0.4, -0.2) is 29.8 Å². The smallest absolute Gasteiger partial charge is 0.311 e. The molecular weight excluding hydrogens is 275 g/mol. The summed E-state index contributed by atoms with van der Waals surface area (Å²) >= 11 is 0. The van der Waals surface area contributed by atoms with E-state index in [9.17, 15) is 10.1 Å². The van der Waals surface area contributed by atoms with Crippen molar-refractivity contribution in [3.8, 4) is 5.75 Å². The van der Waals surface area contributed by atoms with Gasteiger partial charge in [-0.05, 0) is 30.4 Å². The number of hydrogen-bond acceptors (Lipinski definition) is 4. The molecular formula is C14H19N2O3P. The number of piperidine rings is 1. The lowest BCUT2D eigenvalue weighted by molar-refractivity contribution is -0.385. The lowest BCUT2D eigenvalue weighted by atomic mass is 9.97. The van der Waals surface area contributed by atoms with Gasteiger partial charge in [0.15, 0.2) is 5.75 Å². The minimum Gasteiger partial charge on any atom is -0.490 e. The van der Waals surface area contributed by atoms with Gasteiger partial charge in [-0.25, -0.2) is 0 Å². The summed E-state index contributed by atoms with van der Waals surface area (Å²) in [5.74, 6) is 0.844. The maximum absolute atomic E-state index is 11.0. The minimum absolute atomic E-state index is 0.00873. The Morgan fingerprint density at radius 3 is 2.75 bits per heavy atom. The first-order valence-corrected chi connectivity index (χ1v) is 7.12. The summed E-state index contributed by atoms with van der Waals surface area (Å²) in [5.41, 5.74) is 0.847. The van der Waals surface area contributed by atoms with Crippen LogP contribution in [0.2, 0.25) is 0 Å². The standard InChI is InChI=1S/C14H19N2O3P/c1-19-14-5-4-12(10-13(14)16(17)18)3-2-11-6-8-15(20)9-7-11/h2-5,10-11H,6-9,20H2,1H3. The first-order chi connectivity index (χ1) is 9.60. The Labute approximate surface area is 121 Å². The summed E-state index contributed by atoms with van der Waals surface area (Å²) in [6, 6.07) is 5.04. The van der Waals surface area contributed by atoms with Crippen molar-refractivity contribution in [3.63, 3.8) is 0 Å². The van der Waals surface area contributed by atoms with Gasteiger partial charge in [-0.15, -0.1) is 0 Å².